The average molecular weight is 281 g/mol. The van der Waals surface area contributed by atoms with Crippen LogP contribution in [0.5, 0.6) is 0 Å². The summed E-state index contributed by atoms with van der Waals surface area (Å²) >= 11 is 0. The monoisotopic (exact) mass is 281 g/mol. The number of anilines is 1. The van der Waals surface area contributed by atoms with Crippen LogP contribution in [0.1, 0.15) is 22.7 Å². The van der Waals surface area contributed by atoms with Crippen LogP contribution in [-0.2, 0) is 0 Å². The number of aryl methyl sites for hydroxylation is 1. The van der Waals surface area contributed by atoms with Gasteiger partial charge >= 0.3 is 0 Å². The summed E-state index contributed by atoms with van der Waals surface area (Å²) in [6.45, 7) is 1.94. The number of benzene rings is 2. The summed E-state index contributed by atoms with van der Waals surface area (Å²) in [6, 6.07) is 11.9. The molecule has 0 amide bonds. The SMILES string of the molecule is Cc1ccnc(N)c1C(N)c1ccc(F)c2ccccc12. The van der Waals surface area contributed by atoms with Gasteiger partial charge in [-0.3, -0.25) is 0 Å². The van der Waals surface area contributed by atoms with Crippen molar-refractivity contribution in [3.8, 4) is 0 Å². The van der Waals surface area contributed by atoms with Gasteiger partial charge in [0.25, 0.3) is 0 Å². The van der Waals surface area contributed by atoms with E-state index in [0.29, 0.717) is 11.2 Å². The van der Waals surface area contributed by atoms with E-state index in [2.05, 4.69) is 4.98 Å². The third-order valence-corrected chi connectivity index (χ3v) is 3.79. The summed E-state index contributed by atoms with van der Waals surface area (Å²) in [5.41, 5.74) is 15.0. The van der Waals surface area contributed by atoms with Gasteiger partial charge in [-0.1, -0.05) is 30.3 Å². The lowest BCUT2D eigenvalue weighted by molar-refractivity contribution is 0.639. The standard InChI is InChI=1S/C17H16FN3/c1-10-8-9-21-17(20)15(10)16(19)13-6-7-14(18)12-5-3-2-4-11(12)13/h2-9,16H,19H2,1H3,(H2,20,21). The van der Waals surface area contributed by atoms with Crippen LogP contribution in [0.3, 0.4) is 0 Å². The van der Waals surface area contributed by atoms with E-state index in [1.807, 2.05) is 31.2 Å². The van der Waals surface area contributed by atoms with Crippen molar-refractivity contribution >= 4 is 16.6 Å². The van der Waals surface area contributed by atoms with Crippen LogP contribution in [0, 0.1) is 12.7 Å². The minimum Gasteiger partial charge on any atom is -0.383 e. The summed E-state index contributed by atoms with van der Waals surface area (Å²) in [5.74, 6) is 0.160. The lowest BCUT2D eigenvalue weighted by Gasteiger charge is -2.18. The first-order valence-corrected chi connectivity index (χ1v) is 6.73. The van der Waals surface area contributed by atoms with Crippen LogP contribution >= 0.6 is 0 Å². The second-order valence-corrected chi connectivity index (χ2v) is 5.09. The van der Waals surface area contributed by atoms with Crippen LogP contribution in [0.15, 0.2) is 48.7 Å². The molecule has 2 aromatic carbocycles. The predicted octanol–water partition coefficient (Wildman–Crippen LogP) is 3.31. The fourth-order valence-electron chi connectivity index (χ4n) is 2.71. The van der Waals surface area contributed by atoms with Gasteiger partial charge in [0.05, 0.1) is 6.04 Å². The molecule has 3 nitrogen and oxygen atoms in total. The molecule has 0 radical (unpaired) electrons. The Morgan fingerprint density at radius 1 is 1.05 bits per heavy atom. The van der Waals surface area contributed by atoms with Gasteiger partial charge in [-0.15, -0.1) is 0 Å². The maximum atomic E-state index is 13.9. The maximum Gasteiger partial charge on any atom is 0.131 e. The highest BCUT2D eigenvalue weighted by molar-refractivity contribution is 5.87. The van der Waals surface area contributed by atoms with E-state index in [0.717, 1.165) is 22.1 Å². The first-order chi connectivity index (χ1) is 10.1. The van der Waals surface area contributed by atoms with Crippen molar-refractivity contribution in [1.29, 1.82) is 0 Å². The van der Waals surface area contributed by atoms with Crippen molar-refractivity contribution < 1.29 is 4.39 Å². The summed E-state index contributed by atoms with van der Waals surface area (Å²) in [4.78, 5) is 4.11. The highest BCUT2D eigenvalue weighted by Gasteiger charge is 2.18. The lowest BCUT2D eigenvalue weighted by atomic mass is 9.92. The van der Waals surface area contributed by atoms with Crippen molar-refractivity contribution in [3.05, 3.63) is 71.2 Å². The van der Waals surface area contributed by atoms with Crippen LogP contribution in [0.4, 0.5) is 10.2 Å². The number of halogens is 1. The Kier molecular flexibility index (Phi) is 3.31. The molecule has 21 heavy (non-hydrogen) atoms. The number of fused-ring (bicyclic) bond motifs is 1. The van der Waals surface area contributed by atoms with E-state index in [1.165, 1.54) is 6.07 Å². The van der Waals surface area contributed by atoms with E-state index in [4.69, 9.17) is 11.5 Å². The molecular formula is C17H16FN3. The van der Waals surface area contributed by atoms with Gasteiger partial charge in [-0.2, -0.15) is 0 Å². The van der Waals surface area contributed by atoms with Crippen molar-refractivity contribution in [2.24, 2.45) is 5.73 Å². The van der Waals surface area contributed by atoms with Crippen LogP contribution in [0.25, 0.3) is 10.8 Å². The van der Waals surface area contributed by atoms with Crippen molar-refractivity contribution in [1.82, 2.24) is 4.98 Å². The molecule has 0 aliphatic rings. The molecule has 4 N–H and O–H groups in total. The highest BCUT2D eigenvalue weighted by atomic mass is 19.1. The van der Waals surface area contributed by atoms with Gasteiger partial charge in [-0.25, -0.2) is 9.37 Å². The Bertz CT molecular complexity index is 794. The molecule has 0 aliphatic carbocycles. The highest BCUT2D eigenvalue weighted by Crippen LogP contribution is 2.32. The molecule has 0 aliphatic heterocycles. The summed E-state index contributed by atoms with van der Waals surface area (Å²) in [7, 11) is 0. The summed E-state index contributed by atoms with van der Waals surface area (Å²) in [6.07, 6.45) is 1.66. The first-order valence-electron chi connectivity index (χ1n) is 6.73. The number of nitrogens with two attached hydrogens (primary N) is 2. The number of nitrogens with zero attached hydrogens (tertiary/aromatic N) is 1. The molecule has 0 saturated carbocycles. The predicted molar refractivity (Wildman–Crippen MR) is 83.3 cm³/mol. The Hall–Kier alpha value is -2.46. The van der Waals surface area contributed by atoms with Crippen LogP contribution in [0.2, 0.25) is 0 Å². The second-order valence-electron chi connectivity index (χ2n) is 5.09. The third kappa shape index (κ3) is 2.23. The number of aromatic nitrogens is 1. The molecule has 0 spiro atoms. The Morgan fingerprint density at radius 2 is 1.76 bits per heavy atom. The largest absolute Gasteiger partial charge is 0.383 e. The fraction of sp³-hybridized carbons (Fsp3) is 0.118. The number of hydrogen-bond donors (Lipinski definition) is 2. The molecule has 3 rings (SSSR count). The quantitative estimate of drug-likeness (QED) is 0.757. The van der Waals surface area contributed by atoms with Crippen molar-refractivity contribution in [2.75, 3.05) is 5.73 Å². The number of rotatable bonds is 2. The van der Waals surface area contributed by atoms with Gasteiger partial charge in [0.1, 0.15) is 11.6 Å². The van der Waals surface area contributed by atoms with E-state index in [1.54, 1.807) is 18.3 Å². The molecule has 0 bridgehead atoms. The van der Waals surface area contributed by atoms with Crippen LogP contribution in [-0.4, -0.2) is 4.98 Å². The smallest absolute Gasteiger partial charge is 0.131 e. The Morgan fingerprint density at radius 3 is 2.48 bits per heavy atom. The second kappa shape index (κ2) is 5.14. The molecule has 0 fully saturated rings. The Labute approximate surface area is 122 Å². The van der Waals surface area contributed by atoms with Gasteiger partial charge in [0.2, 0.25) is 0 Å². The third-order valence-electron chi connectivity index (χ3n) is 3.79. The molecule has 0 saturated heterocycles. The molecule has 1 atom stereocenters. The summed E-state index contributed by atoms with van der Waals surface area (Å²) in [5, 5.41) is 1.36. The topological polar surface area (TPSA) is 64.9 Å². The zero-order valence-corrected chi connectivity index (χ0v) is 11.7. The summed E-state index contributed by atoms with van der Waals surface area (Å²) < 4.78 is 13.9. The maximum absolute atomic E-state index is 13.9. The molecule has 1 unspecified atom stereocenters. The zero-order chi connectivity index (χ0) is 15.0. The average Bonchev–Trinajstić information content (AvgIpc) is 2.47. The van der Waals surface area contributed by atoms with E-state index in [9.17, 15) is 4.39 Å². The van der Waals surface area contributed by atoms with Gasteiger partial charge < -0.3 is 11.5 Å². The van der Waals surface area contributed by atoms with Crippen molar-refractivity contribution in [2.45, 2.75) is 13.0 Å². The molecule has 1 aromatic heterocycles. The lowest BCUT2D eigenvalue weighted by Crippen LogP contribution is -2.16. The Balaban J connectivity index is 2.23. The number of pyridine rings is 1. The molecule has 3 aromatic rings. The number of nitrogen functional groups attached to an aromatic ring is 1. The van der Waals surface area contributed by atoms with E-state index in [-0.39, 0.29) is 5.82 Å². The normalized spacial score (nSPS) is 12.5. The van der Waals surface area contributed by atoms with Crippen LogP contribution < -0.4 is 11.5 Å². The molecule has 1 heterocycles. The van der Waals surface area contributed by atoms with Gasteiger partial charge in [0, 0.05) is 17.1 Å². The first kappa shape index (κ1) is 13.5. The van der Waals surface area contributed by atoms with E-state index < -0.39 is 6.04 Å². The van der Waals surface area contributed by atoms with Crippen molar-refractivity contribution in [3.63, 3.8) is 0 Å². The van der Waals surface area contributed by atoms with Gasteiger partial charge in [0.15, 0.2) is 0 Å². The zero-order valence-electron chi connectivity index (χ0n) is 11.7. The van der Waals surface area contributed by atoms with Gasteiger partial charge in [-0.05, 0) is 35.6 Å². The number of hydrogen-bond acceptors (Lipinski definition) is 3. The van der Waals surface area contributed by atoms with E-state index >= 15 is 0 Å². The minimum atomic E-state index is -0.441. The molecule has 106 valence electrons. The minimum absolute atomic E-state index is 0.252. The fourth-order valence-corrected chi connectivity index (χ4v) is 2.71. The molecule has 4 heteroatoms. The molecular weight excluding hydrogens is 265 g/mol.